The highest BCUT2D eigenvalue weighted by atomic mass is 16.4. The standard InChI is InChI=1S/C17H23NO3/c1-11(2)15-6-4-5-7-18(15)16(19)13-8-12(3)9-14(10-13)17(20)21/h8-11,15H,4-7H2,1-3H3,(H,20,21). The molecule has 21 heavy (non-hydrogen) atoms. The molecule has 114 valence electrons. The maximum atomic E-state index is 12.8. The van der Waals surface area contributed by atoms with Crippen molar-refractivity contribution in [2.45, 2.75) is 46.1 Å². The van der Waals surface area contributed by atoms with E-state index in [1.165, 1.54) is 6.07 Å². The third-order valence-electron chi connectivity index (χ3n) is 4.15. The lowest BCUT2D eigenvalue weighted by Crippen LogP contribution is -2.46. The van der Waals surface area contributed by atoms with Crippen LogP contribution >= 0.6 is 0 Å². The molecule has 1 saturated heterocycles. The Morgan fingerprint density at radius 3 is 2.48 bits per heavy atom. The second-order valence-corrected chi connectivity index (χ2v) is 6.20. The maximum Gasteiger partial charge on any atom is 0.335 e. The number of carbonyl (C=O) groups is 2. The van der Waals surface area contributed by atoms with Gasteiger partial charge in [0.05, 0.1) is 5.56 Å². The zero-order chi connectivity index (χ0) is 15.6. The molecule has 1 aromatic rings. The number of likely N-dealkylation sites (tertiary alicyclic amines) is 1. The van der Waals surface area contributed by atoms with Crippen LogP contribution in [0.3, 0.4) is 0 Å². The van der Waals surface area contributed by atoms with Crippen molar-refractivity contribution in [2.24, 2.45) is 5.92 Å². The molecule has 4 nitrogen and oxygen atoms in total. The lowest BCUT2D eigenvalue weighted by molar-refractivity contribution is 0.0543. The average molecular weight is 289 g/mol. The molecule has 1 heterocycles. The number of rotatable bonds is 3. The van der Waals surface area contributed by atoms with Crippen molar-refractivity contribution < 1.29 is 14.7 Å². The summed E-state index contributed by atoms with van der Waals surface area (Å²) in [5.74, 6) is -0.621. The summed E-state index contributed by atoms with van der Waals surface area (Å²) in [4.78, 5) is 25.9. The van der Waals surface area contributed by atoms with Gasteiger partial charge in [-0.1, -0.05) is 13.8 Å². The van der Waals surface area contributed by atoms with Crippen molar-refractivity contribution in [3.63, 3.8) is 0 Å². The summed E-state index contributed by atoms with van der Waals surface area (Å²) in [5.41, 5.74) is 1.47. The van der Waals surface area contributed by atoms with E-state index in [9.17, 15) is 9.59 Å². The molecular weight excluding hydrogens is 266 g/mol. The number of hydrogen-bond donors (Lipinski definition) is 1. The summed E-state index contributed by atoms with van der Waals surface area (Å²) in [6, 6.07) is 5.11. The summed E-state index contributed by atoms with van der Waals surface area (Å²) >= 11 is 0. The molecule has 1 unspecified atom stereocenters. The van der Waals surface area contributed by atoms with Gasteiger partial charge >= 0.3 is 5.97 Å². The van der Waals surface area contributed by atoms with E-state index in [-0.39, 0.29) is 17.5 Å². The number of carbonyl (C=O) groups excluding carboxylic acids is 1. The predicted octanol–water partition coefficient (Wildman–Crippen LogP) is 3.34. The molecular formula is C17H23NO3. The summed E-state index contributed by atoms with van der Waals surface area (Å²) in [5, 5.41) is 9.14. The van der Waals surface area contributed by atoms with Crippen molar-refractivity contribution in [3.05, 3.63) is 34.9 Å². The molecule has 1 aliphatic heterocycles. The Hall–Kier alpha value is -1.84. The Kier molecular flexibility index (Phi) is 4.66. The van der Waals surface area contributed by atoms with Crippen LogP contribution in [0, 0.1) is 12.8 Å². The normalized spacial score (nSPS) is 18.9. The zero-order valence-corrected chi connectivity index (χ0v) is 12.9. The third-order valence-corrected chi connectivity index (χ3v) is 4.15. The quantitative estimate of drug-likeness (QED) is 0.928. The van der Waals surface area contributed by atoms with Crippen molar-refractivity contribution >= 4 is 11.9 Å². The number of nitrogens with zero attached hydrogens (tertiary/aromatic N) is 1. The number of amides is 1. The monoisotopic (exact) mass is 289 g/mol. The number of aromatic carboxylic acids is 1. The van der Waals surface area contributed by atoms with E-state index < -0.39 is 5.97 Å². The van der Waals surface area contributed by atoms with Crippen LogP contribution in [0.15, 0.2) is 18.2 Å². The molecule has 1 atom stereocenters. The fraction of sp³-hybridized carbons (Fsp3) is 0.529. The van der Waals surface area contributed by atoms with Crippen molar-refractivity contribution in [3.8, 4) is 0 Å². The zero-order valence-electron chi connectivity index (χ0n) is 12.9. The highest BCUT2D eigenvalue weighted by molar-refractivity contribution is 5.98. The molecule has 1 fully saturated rings. The van der Waals surface area contributed by atoms with Gasteiger partial charge in [-0.25, -0.2) is 4.79 Å². The molecule has 4 heteroatoms. The van der Waals surface area contributed by atoms with E-state index in [2.05, 4.69) is 13.8 Å². The molecule has 0 saturated carbocycles. The highest BCUT2D eigenvalue weighted by Crippen LogP contribution is 2.25. The third kappa shape index (κ3) is 3.43. The summed E-state index contributed by atoms with van der Waals surface area (Å²) < 4.78 is 0. The van der Waals surface area contributed by atoms with E-state index in [1.807, 2.05) is 11.8 Å². The molecule has 0 aliphatic carbocycles. The number of benzene rings is 1. The van der Waals surface area contributed by atoms with Gasteiger partial charge in [0.2, 0.25) is 0 Å². The van der Waals surface area contributed by atoms with E-state index in [4.69, 9.17) is 5.11 Å². The number of aryl methyl sites for hydroxylation is 1. The smallest absolute Gasteiger partial charge is 0.335 e. The van der Waals surface area contributed by atoms with Crippen LogP contribution in [0.1, 0.15) is 59.4 Å². The van der Waals surface area contributed by atoms with Crippen molar-refractivity contribution in [2.75, 3.05) is 6.54 Å². The van der Waals surface area contributed by atoms with Crippen molar-refractivity contribution in [1.29, 1.82) is 0 Å². The minimum absolute atomic E-state index is 0.0420. The van der Waals surface area contributed by atoms with Gasteiger partial charge in [-0.2, -0.15) is 0 Å². The van der Waals surface area contributed by atoms with Crippen LogP contribution in [0.25, 0.3) is 0 Å². The molecule has 0 aromatic heterocycles. The maximum absolute atomic E-state index is 12.8. The number of carboxylic acids is 1. The fourth-order valence-electron chi connectivity index (χ4n) is 3.10. The molecule has 1 aliphatic rings. The van der Waals surface area contributed by atoms with Gasteiger partial charge < -0.3 is 10.0 Å². The van der Waals surface area contributed by atoms with Gasteiger partial charge in [0.15, 0.2) is 0 Å². The Bertz CT molecular complexity index is 551. The minimum atomic E-state index is -0.994. The van der Waals surface area contributed by atoms with E-state index >= 15 is 0 Å². The number of piperidine rings is 1. The number of carboxylic acid groups (broad SMARTS) is 1. The van der Waals surface area contributed by atoms with E-state index in [1.54, 1.807) is 12.1 Å². The first kappa shape index (κ1) is 15.5. The Morgan fingerprint density at radius 1 is 1.19 bits per heavy atom. The summed E-state index contributed by atoms with van der Waals surface area (Å²) in [7, 11) is 0. The SMILES string of the molecule is Cc1cc(C(=O)O)cc(C(=O)N2CCCCC2C(C)C)c1. The molecule has 0 bridgehead atoms. The van der Waals surface area contributed by atoms with E-state index in [0.717, 1.165) is 31.4 Å². The first-order valence-corrected chi connectivity index (χ1v) is 7.56. The highest BCUT2D eigenvalue weighted by Gasteiger charge is 2.29. The first-order chi connectivity index (χ1) is 9.90. The lowest BCUT2D eigenvalue weighted by atomic mass is 9.92. The van der Waals surface area contributed by atoms with Gasteiger partial charge in [-0.05, 0) is 55.9 Å². The molecule has 0 spiro atoms. The van der Waals surface area contributed by atoms with Gasteiger partial charge in [0, 0.05) is 18.2 Å². The fourth-order valence-corrected chi connectivity index (χ4v) is 3.10. The van der Waals surface area contributed by atoms with Gasteiger partial charge in [0.1, 0.15) is 0 Å². The summed E-state index contributed by atoms with van der Waals surface area (Å²) in [6.07, 6.45) is 3.20. The summed E-state index contributed by atoms with van der Waals surface area (Å²) in [6.45, 7) is 6.85. The van der Waals surface area contributed by atoms with Crippen LogP contribution in [0.5, 0.6) is 0 Å². The molecule has 1 N–H and O–H groups in total. The second kappa shape index (κ2) is 6.29. The molecule has 1 amide bonds. The van der Waals surface area contributed by atoms with Crippen LogP contribution < -0.4 is 0 Å². The van der Waals surface area contributed by atoms with E-state index in [0.29, 0.717) is 11.5 Å². The number of hydrogen-bond acceptors (Lipinski definition) is 2. The molecule has 2 rings (SSSR count). The first-order valence-electron chi connectivity index (χ1n) is 7.56. The Morgan fingerprint density at radius 2 is 1.86 bits per heavy atom. The minimum Gasteiger partial charge on any atom is -0.478 e. The van der Waals surface area contributed by atoms with Gasteiger partial charge in [-0.15, -0.1) is 0 Å². The van der Waals surface area contributed by atoms with Crippen molar-refractivity contribution in [1.82, 2.24) is 4.90 Å². The van der Waals surface area contributed by atoms with Crippen LogP contribution in [-0.2, 0) is 0 Å². The molecule has 0 radical (unpaired) electrons. The largest absolute Gasteiger partial charge is 0.478 e. The topological polar surface area (TPSA) is 57.6 Å². The predicted molar refractivity (Wildman–Crippen MR) is 81.7 cm³/mol. The van der Waals surface area contributed by atoms with Crippen LogP contribution in [-0.4, -0.2) is 34.5 Å². The van der Waals surface area contributed by atoms with Gasteiger partial charge in [0.25, 0.3) is 5.91 Å². The Labute approximate surface area is 125 Å². The van der Waals surface area contributed by atoms with Crippen LogP contribution in [0.4, 0.5) is 0 Å². The van der Waals surface area contributed by atoms with Crippen LogP contribution in [0.2, 0.25) is 0 Å². The average Bonchev–Trinajstić information content (AvgIpc) is 2.45. The van der Waals surface area contributed by atoms with Gasteiger partial charge in [-0.3, -0.25) is 4.79 Å². The second-order valence-electron chi connectivity index (χ2n) is 6.20. The lowest BCUT2D eigenvalue weighted by Gasteiger charge is -2.38. The molecule has 1 aromatic carbocycles. The Balaban J connectivity index is 2.32.